The Morgan fingerprint density at radius 2 is 1.90 bits per heavy atom. The SMILES string of the molecule is Cc1c(O)ccc(I)c1O. The lowest BCUT2D eigenvalue weighted by Crippen LogP contribution is -1.79. The Bertz CT molecular complexity index is 231. The van der Waals surface area contributed by atoms with Gasteiger partial charge in [0, 0.05) is 5.56 Å². The van der Waals surface area contributed by atoms with Crippen molar-refractivity contribution < 1.29 is 10.2 Å². The first-order chi connectivity index (χ1) is 4.63. The van der Waals surface area contributed by atoms with Crippen molar-refractivity contribution in [3.05, 3.63) is 21.3 Å². The summed E-state index contributed by atoms with van der Waals surface area (Å²) in [6.45, 7) is 1.67. The van der Waals surface area contributed by atoms with E-state index < -0.39 is 0 Å². The van der Waals surface area contributed by atoms with Crippen molar-refractivity contribution in [3.63, 3.8) is 0 Å². The van der Waals surface area contributed by atoms with E-state index in [9.17, 15) is 5.11 Å². The van der Waals surface area contributed by atoms with E-state index in [1.54, 1.807) is 19.1 Å². The minimum atomic E-state index is 0.137. The molecule has 0 amide bonds. The molecule has 0 aliphatic rings. The van der Waals surface area contributed by atoms with Crippen LogP contribution in [0.2, 0.25) is 0 Å². The second kappa shape index (κ2) is 2.65. The van der Waals surface area contributed by atoms with E-state index >= 15 is 0 Å². The third-order valence-electron chi connectivity index (χ3n) is 1.35. The molecule has 0 heterocycles. The molecule has 2 nitrogen and oxygen atoms in total. The minimum Gasteiger partial charge on any atom is -0.508 e. The molecule has 1 aromatic rings. The van der Waals surface area contributed by atoms with Crippen LogP contribution < -0.4 is 0 Å². The first-order valence-corrected chi connectivity index (χ1v) is 3.88. The summed E-state index contributed by atoms with van der Waals surface area (Å²) in [7, 11) is 0. The highest BCUT2D eigenvalue weighted by molar-refractivity contribution is 14.1. The monoisotopic (exact) mass is 250 g/mol. The summed E-state index contributed by atoms with van der Waals surface area (Å²) in [4.78, 5) is 0. The van der Waals surface area contributed by atoms with Gasteiger partial charge in [-0.05, 0) is 41.6 Å². The van der Waals surface area contributed by atoms with Gasteiger partial charge < -0.3 is 10.2 Å². The summed E-state index contributed by atoms with van der Waals surface area (Å²) in [6.07, 6.45) is 0. The molecule has 0 saturated heterocycles. The molecule has 0 aromatic heterocycles. The third-order valence-corrected chi connectivity index (χ3v) is 2.22. The van der Waals surface area contributed by atoms with Gasteiger partial charge in [0.1, 0.15) is 11.5 Å². The van der Waals surface area contributed by atoms with Crippen molar-refractivity contribution in [1.82, 2.24) is 0 Å². The van der Waals surface area contributed by atoms with Crippen LogP contribution in [0.15, 0.2) is 12.1 Å². The predicted octanol–water partition coefficient (Wildman–Crippen LogP) is 2.01. The van der Waals surface area contributed by atoms with Gasteiger partial charge in [-0.3, -0.25) is 0 Å². The number of rotatable bonds is 0. The molecule has 0 saturated carbocycles. The van der Waals surface area contributed by atoms with Gasteiger partial charge in [-0.2, -0.15) is 0 Å². The third kappa shape index (κ3) is 1.18. The molecular formula is C7H7IO2. The summed E-state index contributed by atoms with van der Waals surface area (Å²) in [6, 6.07) is 3.23. The summed E-state index contributed by atoms with van der Waals surface area (Å²) in [5.41, 5.74) is 0.534. The molecule has 0 bridgehead atoms. The summed E-state index contributed by atoms with van der Waals surface area (Å²) in [5.74, 6) is 0.304. The van der Waals surface area contributed by atoms with Crippen molar-refractivity contribution in [3.8, 4) is 11.5 Å². The Hall–Kier alpha value is -0.450. The van der Waals surface area contributed by atoms with Crippen molar-refractivity contribution >= 4 is 22.6 Å². The van der Waals surface area contributed by atoms with Crippen molar-refractivity contribution in [2.24, 2.45) is 0 Å². The molecule has 0 spiro atoms. The van der Waals surface area contributed by atoms with E-state index in [-0.39, 0.29) is 11.5 Å². The topological polar surface area (TPSA) is 40.5 Å². The fourth-order valence-electron chi connectivity index (χ4n) is 0.656. The number of hydrogen-bond donors (Lipinski definition) is 2. The largest absolute Gasteiger partial charge is 0.508 e. The summed E-state index contributed by atoms with van der Waals surface area (Å²) < 4.78 is 0.757. The average molecular weight is 250 g/mol. The second-order valence-corrected chi connectivity index (χ2v) is 3.20. The highest BCUT2D eigenvalue weighted by atomic mass is 127. The summed E-state index contributed by atoms with van der Waals surface area (Å²) >= 11 is 2.01. The second-order valence-electron chi connectivity index (χ2n) is 2.04. The zero-order valence-electron chi connectivity index (χ0n) is 5.43. The van der Waals surface area contributed by atoms with Gasteiger partial charge in [-0.25, -0.2) is 0 Å². The van der Waals surface area contributed by atoms with E-state index in [0.29, 0.717) is 5.56 Å². The Morgan fingerprint density at radius 1 is 1.30 bits per heavy atom. The number of halogens is 1. The fourth-order valence-corrected chi connectivity index (χ4v) is 1.24. The van der Waals surface area contributed by atoms with E-state index in [2.05, 4.69) is 0 Å². The Kier molecular flexibility index (Phi) is 2.03. The zero-order valence-corrected chi connectivity index (χ0v) is 7.58. The van der Waals surface area contributed by atoms with E-state index in [1.807, 2.05) is 22.6 Å². The lowest BCUT2D eigenvalue weighted by molar-refractivity contribution is 0.441. The van der Waals surface area contributed by atoms with Gasteiger partial charge in [0.15, 0.2) is 0 Å². The number of aromatic hydroxyl groups is 2. The van der Waals surface area contributed by atoms with Crippen LogP contribution in [-0.2, 0) is 0 Å². The van der Waals surface area contributed by atoms with Crippen LogP contribution in [0.5, 0.6) is 11.5 Å². The molecule has 0 aliphatic carbocycles. The molecule has 0 fully saturated rings. The molecule has 1 aromatic carbocycles. The van der Waals surface area contributed by atoms with Crippen LogP contribution >= 0.6 is 22.6 Å². The molecule has 0 atom stereocenters. The number of phenolic OH excluding ortho intramolecular Hbond substituents is 2. The van der Waals surface area contributed by atoms with Crippen LogP contribution in [0, 0.1) is 10.5 Å². The highest BCUT2D eigenvalue weighted by Crippen LogP contribution is 2.29. The van der Waals surface area contributed by atoms with Crippen LogP contribution in [-0.4, -0.2) is 10.2 Å². The van der Waals surface area contributed by atoms with Crippen LogP contribution in [0.25, 0.3) is 0 Å². The summed E-state index contributed by atoms with van der Waals surface area (Å²) in [5, 5.41) is 18.3. The average Bonchev–Trinajstić information content (AvgIpc) is 1.93. The van der Waals surface area contributed by atoms with Gasteiger partial charge in [-0.15, -0.1) is 0 Å². The maximum Gasteiger partial charge on any atom is 0.135 e. The number of phenols is 2. The Labute approximate surface area is 72.6 Å². The normalized spacial score (nSPS) is 9.80. The Balaban J connectivity index is 3.34. The fraction of sp³-hybridized carbons (Fsp3) is 0.143. The number of hydrogen-bond acceptors (Lipinski definition) is 2. The van der Waals surface area contributed by atoms with Crippen molar-refractivity contribution in [2.45, 2.75) is 6.92 Å². The maximum atomic E-state index is 9.22. The van der Waals surface area contributed by atoms with Crippen molar-refractivity contribution in [2.75, 3.05) is 0 Å². The highest BCUT2D eigenvalue weighted by Gasteiger charge is 2.04. The Morgan fingerprint density at radius 3 is 2.40 bits per heavy atom. The van der Waals surface area contributed by atoms with Crippen LogP contribution in [0.1, 0.15) is 5.56 Å². The first-order valence-electron chi connectivity index (χ1n) is 2.80. The zero-order chi connectivity index (χ0) is 7.72. The molecule has 10 heavy (non-hydrogen) atoms. The van der Waals surface area contributed by atoms with Gasteiger partial charge in [0.2, 0.25) is 0 Å². The molecule has 2 N–H and O–H groups in total. The van der Waals surface area contributed by atoms with Crippen LogP contribution in [0.3, 0.4) is 0 Å². The lowest BCUT2D eigenvalue weighted by Gasteiger charge is -2.02. The number of benzene rings is 1. The predicted molar refractivity (Wildman–Crippen MR) is 47.2 cm³/mol. The first kappa shape index (κ1) is 7.65. The minimum absolute atomic E-state index is 0.137. The molecule has 54 valence electrons. The lowest BCUT2D eigenvalue weighted by atomic mass is 10.2. The van der Waals surface area contributed by atoms with E-state index in [1.165, 1.54) is 0 Å². The quantitative estimate of drug-likeness (QED) is 0.691. The molecule has 0 aliphatic heterocycles. The maximum absolute atomic E-state index is 9.22. The van der Waals surface area contributed by atoms with E-state index in [0.717, 1.165) is 3.57 Å². The molecule has 3 heteroatoms. The van der Waals surface area contributed by atoms with Gasteiger partial charge in [-0.1, -0.05) is 0 Å². The molecule has 0 radical (unpaired) electrons. The standard InChI is InChI=1S/C7H7IO2/c1-4-6(9)3-2-5(8)7(4)10/h2-3,9-10H,1H3. The van der Waals surface area contributed by atoms with Crippen molar-refractivity contribution in [1.29, 1.82) is 0 Å². The van der Waals surface area contributed by atoms with Gasteiger partial charge >= 0.3 is 0 Å². The molecule has 1 rings (SSSR count). The van der Waals surface area contributed by atoms with E-state index in [4.69, 9.17) is 5.11 Å². The smallest absolute Gasteiger partial charge is 0.135 e. The molecule has 0 unspecified atom stereocenters. The van der Waals surface area contributed by atoms with Crippen LogP contribution in [0.4, 0.5) is 0 Å². The van der Waals surface area contributed by atoms with Gasteiger partial charge in [0.25, 0.3) is 0 Å². The molecular weight excluding hydrogens is 243 g/mol. The van der Waals surface area contributed by atoms with Gasteiger partial charge in [0.05, 0.1) is 3.57 Å².